The van der Waals surface area contributed by atoms with Gasteiger partial charge in [0.05, 0.1) is 11.0 Å². The minimum Gasteiger partial charge on any atom is -0.316 e. The Hall–Kier alpha value is -2.66. The maximum atomic E-state index is 12.6. The number of aromatic nitrogens is 2. The molecule has 0 bridgehead atoms. The number of carbonyl (C=O) groups excluding carboxylic acids is 1. The van der Waals surface area contributed by atoms with Crippen LogP contribution in [-0.2, 0) is 4.79 Å². The molecule has 1 aliphatic heterocycles. The Labute approximate surface area is 140 Å². The molecule has 1 fully saturated rings. The topological polar surface area (TPSA) is 59.0 Å². The number of benzene rings is 2. The molecule has 0 radical (unpaired) electrons. The molecule has 2 aromatic carbocycles. The van der Waals surface area contributed by atoms with Gasteiger partial charge in [-0.1, -0.05) is 37.3 Å². The molecule has 4 rings (SSSR count). The molecule has 5 nitrogen and oxygen atoms in total. The highest BCUT2D eigenvalue weighted by Gasteiger charge is 2.29. The van der Waals surface area contributed by atoms with Crippen LogP contribution in [0.15, 0.2) is 54.6 Å². The number of fused-ring (bicyclic) bond motifs is 1. The van der Waals surface area contributed by atoms with Crippen LogP contribution in [-0.4, -0.2) is 28.5 Å². The van der Waals surface area contributed by atoms with E-state index < -0.39 is 0 Å². The number of nitrogens with zero attached hydrogens (tertiary/aromatic N) is 2. The van der Waals surface area contributed by atoms with Gasteiger partial charge in [-0.05, 0) is 43.3 Å². The molecule has 2 heterocycles. The first-order valence-corrected chi connectivity index (χ1v) is 8.28. The molecule has 122 valence electrons. The Kier molecular flexibility index (Phi) is 3.78. The Balaban J connectivity index is 1.73. The van der Waals surface area contributed by atoms with Crippen molar-refractivity contribution in [3.63, 3.8) is 0 Å². The van der Waals surface area contributed by atoms with Crippen LogP contribution in [0.1, 0.15) is 6.92 Å². The lowest BCUT2D eigenvalue weighted by Gasteiger charge is -2.31. The number of carbonyl (C=O) groups is 1. The monoisotopic (exact) mass is 320 g/mol. The molecule has 2 N–H and O–H groups in total. The van der Waals surface area contributed by atoms with E-state index >= 15 is 0 Å². The first kappa shape index (κ1) is 14.9. The molecule has 5 heteroatoms. The smallest absolute Gasteiger partial charge is 0.229 e. The summed E-state index contributed by atoms with van der Waals surface area (Å²) in [5.41, 5.74) is 2.84. The third-order valence-corrected chi connectivity index (χ3v) is 4.74. The normalized spacial score (nSPS) is 15.9. The zero-order chi connectivity index (χ0) is 16.5. The third kappa shape index (κ3) is 2.57. The first-order chi connectivity index (χ1) is 11.7. The molecule has 1 saturated heterocycles. The Morgan fingerprint density at radius 3 is 2.58 bits per heavy atom. The van der Waals surface area contributed by atoms with E-state index in [0.29, 0.717) is 11.9 Å². The lowest BCUT2D eigenvalue weighted by molar-refractivity contribution is -0.121. The second-order valence-electron chi connectivity index (χ2n) is 6.29. The van der Waals surface area contributed by atoms with Crippen LogP contribution in [0.3, 0.4) is 0 Å². The minimum atomic E-state index is -0.0321. The molecule has 1 atom stereocenters. The quantitative estimate of drug-likeness (QED) is 0.777. The fourth-order valence-corrected chi connectivity index (χ4v) is 3.05. The van der Waals surface area contributed by atoms with Gasteiger partial charge in [0.1, 0.15) is 0 Å². The van der Waals surface area contributed by atoms with Crippen molar-refractivity contribution in [2.45, 2.75) is 6.92 Å². The average Bonchev–Trinajstić information content (AvgIpc) is 2.91. The summed E-state index contributed by atoms with van der Waals surface area (Å²) >= 11 is 0. The molecule has 0 saturated carbocycles. The number of hydrogen-bond acceptors (Lipinski definition) is 3. The molecule has 0 spiro atoms. The number of nitrogens with one attached hydrogen (secondary N) is 2. The van der Waals surface area contributed by atoms with E-state index in [-0.39, 0.29) is 11.8 Å². The SMILES string of the molecule is CC(C(=O)Nc1nc2ccccc2n1-c1ccccc1)C1CNC1. The first-order valence-electron chi connectivity index (χ1n) is 8.28. The predicted octanol–water partition coefficient (Wildman–Crippen LogP) is 2.82. The molecule has 0 aliphatic carbocycles. The number of rotatable bonds is 4. The standard InChI is InChI=1S/C19H20N4O/c1-13(14-11-20-12-14)18(24)22-19-21-16-9-5-6-10-17(16)23(19)15-7-3-2-4-8-15/h2-10,13-14,20H,11-12H2,1H3,(H,21,22,24). The van der Waals surface area contributed by atoms with Crippen molar-refractivity contribution in [1.29, 1.82) is 0 Å². The van der Waals surface area contributed by atoms with Gasteiger partial charge >= 0.3 is 0 Å². The van der Waals surface area contributed by atoms with E-state index in [9.17, 15) is 4.79 Å². The molecule has 1 aliphatic rings. The van der Waals surface area contributed by atoms with Gasteiger partial charge in [0, 0.05) is 11.6 Å². The van der Waals surface area contributed by atoms with Crippen LogP contribution in [0, 0.1) is 11.8 Å². The van der Waals surface area contributed by atoms with Crippen molar-refractivity contribution < 1.29 is 4.79 Å². The summed E-state index contributed by atoms with van der Waals surface area (Å²) in [6.07, 6.45) is 0. The van der Waals surface area contributed by atoms with E-state index in [1.165, 1.54) is 0 Å². The fraction of sp³-hybridized carbons (Fsp3) is 0.263. The van der Waals surface area contributed by atoms with Gasteiger partial charge in [0.2, 0.25) is 11.9 Å². The van der Waals surface area contributed by atoms with Crippen molar-refractivity contribution in [1.82, 2.24) is 14.9 Å². The van der Waals surface area contributed by atoms with E-state index in [1.54, 1.807) is 0 Å². The summed E-state index contributed by atoms with van der Waals surface area (Å²) in [7, 11) is 0. The number of anilines is 1. The van der Waals surface area contributed by atoms with Crippen LogP contribution < -0.4 is 10.6 Å². The maximum Gasteiger partial charge on any atom is 0.229 e. The van der Waals surface area contributed by atoms with Crippen LogP contribution in [0.5, 0.6) is 0 Å². The molecular formula is C19H20N4O. The fourth-order valence-electron chi connectivity index (χ4n) is 3.05. The molecule has 1 amide bonds. The molecule has 3 aromatic rings. The second kappa shape index (κ2) is 6.09. The van der Waals surface area contributed by atoms with E-state index in [2.05, 4.69) is 15.6 Å². The summed E-state index contributed by atoms with van der Waals surface area (Å²) in [6, 6.07) is 17.9. The van der Waals surface area contributed by atoms with Gasteiger partial charge in [-0.15, -0.1) is 0 Å². The number of hydrogen-bond donors (Lipinski definition) is 2. The Morgan fingerprint density at radius 2 is 1.88 bits per heavy atom. The summed E-state index contributed by atoms with van der Waals surface area (Å²) < 4.78 is 2.00. The van der Waals surface area contributed by atoms with Gasteiger partial charge < -0.3 is 5.32 Å². The van der Waals surface area contributed by atoms with Gasteiger partial charge in [-0.3, -0.25) is 14.7 Å². The van der Waals surface area contributed by atoms with Crippen LogP contribution in [0.2, 0.25) is 0 Å². The van der Waals surface area contributed by atoms with Gasteiger partial charge in [-0.2, -0.15) is 0 Å². The van der Waals surface area contributed by atoms with E-state index in [0.717, 1.165) is 29.8 Å². The van der Waals surface area contributed by atoms with E-state index in [1.807, 2.05) is 66.1 Å². The van der Waals surface area contributed by atoms with Crippen LogP contribution in [0.4, 0.5) is 5.95 Å². The van der Waals surface area contributed by atoms with Crippen LogP contribution >= 0.6 is 0 Å². The lowest BCUT2D eigenvalue weighted by Crippen LogP contribution is -2.48. The van der Waals surface area contributed by atoms with Crippen molar-refractivity contribution in [3.05, 3.63) is 54.6 Å². The van der Waals surface area contributed by atoms with Crippen molar-refractivity contribution in [3.8, 4) is 5.69 Å². The van der Waals surface area contributed by atoms with E-state index in [4.69, 9.17) is 0 Å². The number of imidazole rings is 1. The zero-order valence-electron chi connectivity index (χ0n) is 13.6. The summed E-state index contributed by atoms with van der Waals surface area (Å²) in [5, 5.41) is 6.25. The summed E-state index contributed by atoms with van der Waals surface area (Å²) in [5.74, 6) is 0.968. The lowest BCUT2D eigenvalue weighted by atomic mass is 9.88. The number of amides is 1. The zero-order valence-corrected chi connectivity index (χ0v) is 13.6. The minimum absolute atomic E-state index is 0.0222. The third-order valence-electron chi connectivity index (χ3n) is 4.74. The summed E-state index contributed by atoms with van der Waals surface area (Å²) in [4.78, 5) is 17.2. The van der Waals surface area contributed by atoms with Crippen molar-refractivity contribution >= 4 is 22.9 Å². The molecule has 1 unspecified atom stereocenters. The summed E-state index contributed by atoms with van der Waals surface area (Å²) in [6.45, 7) is 3.80. The largest absolute Gasteiger partial charge is 0.316 e. The highest BCUT2D eigenvalue weighted by atomic mass is 16.2. The van der Waals surface area contributed by atoms with Gasteiger partial charge in [0.15, 0.2) is 0 Å². The number of para-hydroxylation sites is 3. The molecular weight excluding hydrogens is 300 g/mol. The Morgan fingerprint density at radius 1 is 1.17 bits per heavy atom. The van der Waals surface area contributed by atoms with Crippen LogP contribution in [0.25, 0.3) is 16.7 Å². The second-order valence-corrected chi connectivity index (χ2v) is 6.29. The van der Waals surface area contributed by atoms with Crippen molar-refractivity contribution in [2.75, 3.05) is 18.4 Å². The Bertz CT molecular complexity index is 867. The highest BCUT2D eigenvalue weighted by molar-refractivity contribution is 5.94. The molecule has 24 heavy (non-hydrogen) atoms. The maximum absolute atomic E-state index is 12.6. The highest BCUT2D eigenvalue weighted by Crippen LogP contribution is 2.25. The van der Waals surface area contributed by atoms with Gasteiger partial charge in [0.25, 0.3) is 0 Å². The van der Waals surface area contributed by atoms with Crippen molar-refractivity contribution in [2.24, 2.45) is 11.8 Å². The predicted molar refractivity (Wildman–Crippen MR) is 95.2 cm³/mol. The van der Waals surface area contributed by atoms with Gasteiger partial charge in [-0.25, -0.2) is 4.98 Å². The average molecular weight is 320 g/mol. The molecule has 1 aromatic heterocycles.